The fourth-order valence-electron chi connectivity index (χ4n) is 0.798. The third-order valence-corrected chi connectivity index (χ3v) is 2.10. The maximum atomic E-state index is 12.8. The lowest BCUT2D eigenvalue weighted by Crippen LogP contribution is -2.10. The molecule has 0 N–H and O–H groups in total. The maximum Gasteiger partial charge on any atom is 0.358 e. The van der Waals surface area contributed by atoms with Crippen LogP contribution in [0.2, 0.25) is 0 Å². The lowest BCUT2D eigenvalue weighted by atomic mass is 10.1. The molecule has 0 unspecified atom stereocenters. The highest BCUT2D eigenvalue weighted by Crippen LogP contribution is 2.33. The Morgan fingerprint density at radius 1 is 1.38 bits per heavy atom. The molecular weight excluding hydrogens is 247 g/mol. The Bertz CT molecular complexity index is 370. The highest BCUT2D eigenvalue weighted by Gasteiger charge is 2.33. The monoisotopic (exact) mass is 249 g/mol. The summed E-state index contributed by atoms with van der Waals surface area (Å²) >= 11 is 2.81. The Morgan fingerprint density at radius 3 is 2.54 bits per heavy atom. The largest absolute Gasteiger partial charge is 0.358 e. The van der Waals surface area contributed by atoms with Gasteiger partial charge in [0.1, 0.15) is 11.9 Å². The van der Waals surface area contributed by atoms with Crippen LogP contribution in [0.4, 0.5) is 13.2 Å². The molecule has 0 spiro atoms. The quantitative estimate of drug-likeness (QED) is 0.750. The first kappa shape index (κ1) is 10.1. The second-order valence-corrected chi connectivity index (χ2v) is 3.16. The minimum Gasteiger partial charge on any atom is -0.207 e. The Balaban J connectivity index is 3.30. The van der Waals surface area contributed by atoms with Gasteiger partial charge in [-0.2, -0.15) is 14.0 Å². The van der Waals surface area contributed by atoms with E-state index in [9.17, 15) is 13.2 Å². The molecule has 5 heteroatoms. The second kappa shape index (κ2) is 3.38. The van der Waals surface area contributed by atoms with Crippen molar-refractivity contribution in [3.8, 4) is 6.07 Å². The van der Waals surface area contributed by atoms with Crippen molar-refractivity contribution in [2.24, 2.45) is 0 Å². The van der Waals surface area contributed by atoms with Crippen LogP contribution in [0.15, 0.2) is 22.7 Å². The first-order valence-corrected chi connectivity index (χ1v) is 4.01. The van der Waals surface area contributed by atoms with Crippen molar-refractivity contribution in [2.45, 2.75) is 5.92 Å². The first-order valence-electron chi connectivity index (χ1n) is 3.22. The molecule has 0 amide bonds. The molecule has 0 aliphatic heterocycles. The van der Waals surface area contributed by atoms with Crippen molar-refractivity contribution in [3.63, 3.8) is 0 Å². The van der Waals surface area contributed by atoms with Gasteiger partial charge < -0.3 is 0 Å². The molecule has 0 bridgehead atoms. The van der Waals surface area contributed by atoms with Crippen LogP contribution < -0.4 is 0 Å². The minimum absolute atomic E-state index is 0.0143. The Hall–Kier alpha value is -1.02. The van der Waals surface area contributed by atoms with Gasteiger partial charge in [0.2, 0.25) is 0 Å². The SMILES string of the molecule is N#CC(F)(F)c1cc(F)ccc1Br. The number of hydrogen-bond donors (Lipinski definition) is 0. The van der Waals surface area contributed by atoms with Crippen molar-refractivity contribution in [1.29, 1.82) is 5.26 Å². The molecule has 13 heavy (non-hydrogen) atoms. The molecule has 1 aromatic rings. The molecule has 0 aromatic heterocycles. The van der Waals surface area contributed by atoms with Crippen LogP contribution in [0.5, 0.6) is 0 Å². The molecule has 0 radical (unpaired) electrons. The molecule has 0 saturated heterocycles. The summed E-state index contributed by atoms with van der Waals surface area (Å²) in [4.78, 5) is 0. The minimum atomic E-state index is -3.67. The number of benzene rings is 1. The summed E-state index contributed by atoms with van der Waals surface area (Å²) in [6, 6.07) is 3.59. The van der Waals surface area contributed by atoms with Gasteiger partial charge in [0.05, 0.1) is 5.56 Å². The standard InChI is InChI=1S/C8H3BrF3N/c9-7-2-1-5(10)3-6(7)8(11,12)4-13/h1-3H. The Kier molecular flexibility index (Phi) is 2.62. The predicted octanol–water partition coefficient (Wildman–Crippen LogP) is 3.20. The fraction of sp³-hybridized carbons (Fsp3) is 0.125. The van der Waals surface area contributed by atoms with E-state index in [2.05, 4.69) is 15.9 Å². The van der Waals surface area contributed by atoms with E-state index in [0.717, 1.165) is 18.2 Å². The van der Waals surface area contributed by atoms with Crippen molar-refractivity contribution in [2.75, 3.05) is 0 Å². The van der Waals surface area contributed by atoms with Gasteiger partial charge in [-0.05, 0) is 18.2 Å². The topological polar surface area (TPSA) is 23.8 Å². The highest BCUT2D eigenvalue weighted by atomic mass is 79.9. The van der Waals surface area contributed by atoms with Crippen LogP contribution >= 0.6 is 15.9 Å². The Labute approximate surface area is 80.9 Å². The number of rotatable bonds is 1. The van der Waals surface area contributed by atoms with Crippen LogP contribution in [-0.2, 0) is 5.92 Å². The van der Waals surface area contributed by atoms with E-state index >= 15 is 0 Å². The lowest BCUT2D eigenvalue weighted by molar-refractivity contribution is 0.0601. The van der Waals surface area contributed by atoms with Gasteiger partial charge >= 0.3 is 5.92 Å². The first-order chi connectivity index (χ1) is 5.97. The molecule has 0 atom stereocenters. The van der Waals surface area contributed by atoms with Gasteiger partial charge in [-0.15, -0.1) is 0 Å². The van der Waals surface area contributed by atoms with Gasteiger partial charge in [-0.25, -0.2) is 4.39 Å². The van der Waals surface area contributed by atoms with E-state index in [-0.39, 0.29) is 4.47 Å². The number of alkyl halides is 2. The van der Waals surface area contributed by atoms with Crippen molar-refractivity contribution < 1.29 is 13.2 Å². The highest BCUT2D eigenvalue weighted by molar-refractivity contribution is 9.10. The normalized spacial score (nSPS) is 11.0. The summed E-state index contributed by atoms with van der Waals surface area (Å²) in [6.45, 7) is 0. The summed E-state index contributed by atoms with van der Waals surface area (Å²) in [6.07, 6.45) is 0. The molecule has 1 aromatic carbocycles. The van der Waals surface area contributed by atoms with Crippen LogP contribution in [-0.4, -0.2) is 0 Å². The summed E-state index contributed by atoms with van der Waals surface area (Å²) < 4.78 is 38.1. The molecule has 1 nitrogen and oxygen atoms in total. The van der Waals surface area contributed by atoms with Gasteiger partial charge in [0, 0.05) is 4.47 Å². The lowest BCUT2D eigenvalue weighted by Gasteiger charge is -2.09. The molecule has 0 aliphatic rings. The number of nitriles is 1. The number of halogens is 4. The summed E-state index contributed by atoms with van der Waals surface area (Å²) in [5, 5.41) is 8.12. The average molecular weight is 250 g/mol. The average Bonchev–Trinajstić information content (AvgIpc) is 2.09. The third-order valence-electron chi connectivity index (χ3n) is 1.41. The third kappa shape index (κ3) is 2.01. The molecule has 0 saturated carbocycles. The van der Waals surface area contributed by atoms with E-state index in [1.165, 1.54) is 0 Å². The molecule has 0 heterocycles. The summed E-state index contributed by atoms with van der Waals surface area (Å²) in [5.74, 6) is -4.46. The van der Waals surface area contributed by atoms with E-state index in [4.69, 9.17) is 5.26 Å². The van der Waals surface area contributed by atoms with Crippen molar-refractivity contribution in [1.82, 2.24) is 0 Å². The summed E-state index contributed by atoms with van der Waals surface area (Å²) in [7, 11) is 0. The van der Waals surface area contributed by atoms with Gasteiger partial charge in [-0.1, -0.05) is 15.9 Å². The van der Waals surface area contributed by atoms with Gasteiger partial charge in [-0.3, -0.25) is 0 Å². The van der Waals surface area contributed by atoms with Crippen LogP contribution in [0.1, 0.15) is 5.56 Å². The Morgan fingerprint density at radius 2 is 2.00 bits per heavy atom. The van der Waals surface area contributed by atoms with Gasteiger partial charge in [0.25, 0.3) is 0 Å². The molecular formula is C8H3BrF3N. The molecule has 1 rings (SSSR count). The van der Waals surface area contributed by atoms with Crippen molar-refractivity contribution >= 4 is 15.9 Å². The number of nitrogens with zero attached hydrogens (tertiary/aromatic N) is 1. The van der Waals surface area contributed by atoms with E-state index in [0.29, 0.717) is 6.07 Å². The smallest absolute Gasteiger partial charge is 0.207 e. The van der Waals surface area contributed by atoms with Gasteiger partial charge in [0.15, 0.2) is 0 Å². The number of hydrogen-bond acceptors (Lipinski definition) is 1. The van der Waals surface area contributed by atoms with Crippen LogP contribution in [0.3, 0.4) is 0 Å². The second-order valence-electron chi connectivity index (χ2n) is 2.31. The predicted molar refractivity (Wildman–Crippen MR) is 43.6 cm³/mol. The zero-order valence-corrected chi connectivity index (χ0v) is 7.78. The van der Waals surface area contributed by atoms with Crippen molar-refractivity contribution in [3.05, 3.63) is 34.1 Å². The van der Waals surface area contributed by atoms with Crippen LogP contribution in [0.25, 0.3) is 0 Å². The molecule has 0 aliphatic carbocycles. The zero-order valence-electron chi connectivity index (χ0n) is 6.19. The van der Waals surface area contributed by atoms with E-state index < -0.39 is 17.3 Å². The maximum absolute atomic E-state index is 12.8. The fourth-order valence-corrected chi connectivity index (χ4v) is 1.29. The zero-order chi connectivity index (χ0) is 10.1. The molecule has 0 fully saturated rings. The molecule has 68 valence electrons. The summed E-state index contributed by atoms with van der Waals surface area (Å²) in [5.41, 5.74) is -0.657. The van der Waals surface area contributed by atoms with E-state index in [1.807, 2.05) is 0 Å². The van der Waals surface area contributed by atoms with E-state index in [1.54, 1.807) is 0 Å². The van der Waals surface area contributed by atoms with Crippen LogP contribution in [0, 0.1) is 17.1 Å².